The lowest BCUT2D eigenvalue weighted by Crippen LogP contribution is -2.37. The number of morpholine rings is 1. The van der Waals surface area contributed by atoms with Crippen molar-refractivity contribution in [1.29, 1.82) is 0 Å². The molecular weight excluding hydrogens is 350 g/mol. The molecule has 0 bridgehead atoms. The maximum atomic E-state index is 5.39. The highest BCUT2D eigenvalue weighted by atomic mass is 16.7. The van der Waals surface area contributed by atoms with Crippen molar-refractivity contribution in [3.8, 4) is 11.5 Å². The quantitative estimate of drug-likeness (QED) is 0.608. The first-order chi connectivity index (χ1) is 13.2. The first-order valence-corrected chi connectivity index (χ1v) is 8.64. The van der Waals surface area contributed by atoms with Crippen LogP contribution >= 0.6 is 0 Å². The molecule has 1 fully saturated rings. The number of rotatable bonds is 5. The fourth-order valence-electron chi connectivity index (χ4n) is 2.67. The van der Waals surface area contributed by atoms with Crippen LogP contribution in [0, 0.1) is 0 Å². The third kappa shape index (κ3) is 4.00. The highest BCUT2D eigenvalue weighted by Gasteiger charge is 2.17. The molecule has 2 aromatic rings. The van der Waals surface area contributed by atoms with E-state index in [1.165, 1.54) is 0 Å². The molecule has 0 radical (unpaired) electrons. The fourth-order valence-corrected chi connectivity index (χ4v) is 2.67. The summed E-state index contributed by atoms with van der Waals surface area (Å²) in [4.78, 5) is 17.3. The van der Waals surface area contributed by atoms with Crippen molar-refractivity contribution in [3.63, 3.8) is 0 Å². The molecule has 0 aliphatic carbocycles. The predicted molar refractivity (Wildman–Crippen MR) is 101 cm³/mol. The first-order valence-electron chi connectivity index (χ1n) is 8.64. The van der Waals surface area contributed by atoms with Gasteiger partial charge in [0.1, 0.15) is 0 Å². The maximum absolute atomic E-state index is 5.39. The SMILES string of the molecule is CN(C)c1nc(N/N=C/c2ccc3c(c2)OCO3)nc(N2CCOCC2)n1. The smallest absolute Gasteiger partial charge is 0.250 e. The summed E-state index contributed by atoms with van der Waals surface area (Å²) in [5.41, 5.74) is 3.76. The summed E-state index contributed by atoms with van der Waals surface area (Å²) in [5, 5.41) is 4.24. The Morgan fingerprint density at radius 3 is 2.74 bits per heavy atom. The lowest BCUT2D eigenvalue weighted by molar-refractivity contribution is 0.122. The minimum absolute atomic E-state index is 0.247. The van der Waals surface area contributed by atoms with Gasteiger partial charge in [-0.3, -0.25) is 0 Å². The maximum Gasteiger partial charge on any atom is 0.250 e. The average molecular weight is 371 g/mol. The van der Waals surface area contributed by atoms with E-state index in [4.69, 9.17) is 14.2 Å². The number of hydrogen-bond acceptors (Lipinski definition) is 10. The number of hydrazone groups is 1. The van der Waals surface area contributed by atoms with Gasteiger partial charge in [0.15, 0.2) is 11.5 Å². The highest BCUT2D eigenvalue weighted by molar-refractivity contribution is 5.81. The van der Waals surface area contributed by atoms with Gasteiger partial charge in [0.05, 0.1) is 19.4 Å². The van der Waals surface area contributed by atoms with E-state index in [0.717, 1.165) is 24.4 Å². The van der Waals surface area contributed by atoms with Gasteiger partial charge in [-0.25, -0.2) is 5.43 Å². The first kappa shape index (κ1) is 17.3. The lowest BCUT2D eigenvalue weighted by atomic mass is 10.2. The Morgan fingerprint density at radius 2 is 1.93 bits per heavy atom. The summed E-state index contributed by atoms with van der Waals surface area (Å²) in [5.74, 6) is 3.00. The number of aromatic nitrogens is 3. The molecule has 27 heavy (non-hydrogen) atoms. The molecule has 1 N–H and O–H groups in total. The van der Waals surface area contributed by atoms with Gasteiger partial charge in [-0.1, -0.05) is 0 Å². The Bertz CT molecular complexity index is 837. The van der Waals surface area contributed by atoms with Crippen molar-refractivity contribution in [2.24, 2.45) is 5.10 Å². The van der Waals surface area contributed by atoms with Crippen LogP contribution in [0.3, 0.4) is 0 Å². The van der Waals surface area contributed by atoms with E-state index < -0.39 is 0 Å². The molecule has 0 atom stereocenters. The number of benzene rings is 1. The monoisotopic (exact) mass is 371 g/mol. The fraction of sp³-hybridized carbons (Fsp3) is 0.412. The average Bonchev–Trinajstić information content (AvgIpc) is 3.16. The van der Waals surface area contributed by atoms with Crippen LogP contribution < -0.4 is 24.7 Å². The van der Waals surface area contributed by atoms with E-state index >= 15 is 0 Å². The van der Waals surface area contributed by atoms with Gasteiger partial charge in [-0.15, -0.1) is 0 Å². The normalized spacial score (nSPS) is 16.0. The summed E-state index contributed by atoms with van der Waals surface area (Å²) >= 11 is 0. The van der Waals surface area contributed by atoms with E-state index in [0.29, 0.717) is 36.8 Å². The van der Waals surface area contributed by atoms with Gasteiger partial charge in [-0.05, 0) is 23.8 Å². The highest BCUT2D eigenvalue weighted by Crippen LogP contribution is 2.32. The van der Waals surface area contributed by atoms with Crippen molar-refractivity contribution < 1.29 is 14.2 Å². The number of nitrogens with zero attached hydrogens (tertiary/aromatic N) is 6. The van der Waals surface area contributed by atoms with E-state index in [-0.39, 0.29) is 6.79 Å². The molecule has 0 amide bonds. The summed E-state index contributed by atoms with van der Waals surface area (Å²) in [6.45, 7) is 3.06. The van der Waals surface area contributed by atoms with E-state index in [9.17, 15) is 0 Å². The molecule has 2 aliphatic rings. The van der Waals surface area contributed by atoms with Crippen molar-refractivity contribution in [2.75, 3.05) is 62.4 Å². The van der Waals surface area contributed by atoms with Crippen LogP contribution in [0.5, 0.6) is 11.5 Å². The Kier molecular flexibility index (Phi) is 4.88. The van der Waals surface area contributed by atoms with E-state index in [1.807, 2.05) is 37.2 Å². The second-order valence-corrected chi connectivity index (χ2v) is 6.24. The van der Waals surface area contributed by atoms with Gasteiger partial charge in [0.2, 0.25) is 24.6 Å². The topological polar surface area (TPSA) is 97.2 Å². The van der Waals surface area contributed by atoms with Crippen molar-refractivity contribution in [2.45, 2.75) is 0 Å². The number of anilines is 3. The standard InChI is InChI=1S/C17H21N7O3/c1-23(2)16-19-15(20-17(21-16)24-5-7-25-8-6-24)22-18-10-12-3-4-13-14(9-12)27-11-26-13/h3-4,9-10H,5-8,11H2,1-2H3,(H,19,20,21,22)/b18-10+. The Hall–Kier alpha value is -3.14. The largest absolute Gasteiger partial charge is 0.454 e. The minimum atomic E-state index is 0.247. The number of ether oxygens (including phenoxy) is 3. The third-order valence-electron chi connectivity index (χ3n) is 4.08. The van der Waals surface area contributed by atoms with Crippen LogP contribution in [0.15, 0.2) is 23.3 Å². The molecule has 0 saturated carbocycles. The molecule has 4 rings (SSSR count). The van der Waals surface area contributed by atoms with Gasteiger partial charge < -0.3 is 24.0 Å². The predicted octanol–water partition coefficient (Wildman–Crippen LogP) is 0.949. The zero-order valence-corrected chi connectivity index (χ0v) is 15.3. The molecule has 10 heteroatoms. The molecule has 10 nitrogen and oxygen atoms in total. The minimum Gasteiger partial charge on any atom is -0.454 e. The molecule has 1 saturated heterocycles. The van der Waals surface area contributed by atoms with Crippen LogP contribution in [-0.4, -0.2) is 68.4 Å². The third-order valence-corrected chi connectivity index (χ3v) is 4.08. The Balaban J connectivity index is 1.51. The summed E-state index contributed by atoms with van der Waals surface area (Å²) in [6.07, 6.45) is 1.68. The zero-order chi connectivity index (χ0) is 18.6. The number of hydrogen-bond donors (Lipinski definition) is 1. The van der Waals surface area contributed by atoms with E-state index in [2.05, 4.69) is 30.4 Å². The molecule has 3 heterocycles. The summed E-state index contributed by atoms with van der Waals surface area (Å²) in [6, 6.07) is 5.62. The number of nitrogens with one attached hydrogen (secondary N) is 1. The van der Waals surface area contributed by atoms with Gasteiger partial charge >= 0.3 is 0 Å². The van der Waals surface area contributed by atoms with Crippen LogP contribution in [0.2, 0.25) is 0 Å². The Morgan fingerprint density at radius 1 is 1.11 bits per heavy atom. The molecule has 0 spiro atoms. The second-order valence-electron chi connectivity index (χ2n) is 6.24. The molecule has 0 unspecified atom stereocenters. The van der Waals surface area contributed by atoms with Crippen molar-refractivity contribution >= 4 is 24.1 Å². The number of fused-ring (bicyclic) bond motifs is 1. The molecule has 142 valence electrons. The molecule has 2 aliphatic heterocycles. The molecular formula is C17H21N7O3. The van der Waals surface area contributed by atoms with Gasteiger partial charge in [0.25, 0.3) is 0 Å². The van der Waals surface area contributed by atoms with Crippen LogP contribution in [0.4, 0.5) is 17.8 Å². The van der Waals surface area contributed by atoms with E-state index in [1.54, 1.807) is 6.21 Å². The Labute approximate surface area is 156 Å². The second kappa shape index (κ2) is 7.62. The van der Waals surface area contributed by atoms with Crippen molar-refractivity contribution in [3.05, 3.63) is 23.8 Å². The van der Waals surface area contributed by atoms with Crippen molar-refractivity contribution in [1.82, 2.24) is 15.0 Å². The van der Waals surface area contributed by atoms with Gasteiger partial charge in [-0.2, -0.15) is 20.1 Å². The summed E-state index contributed by atoms with van der Waals surface area (Å²) in [7, 11) is 3.77. The zero-order valence-electron chi connectivity index (χ0n) is 15.3. The van der Waals surface area contributed by atoms with Crippen LogP contribution in [0.1, 0.15) is 5.56 Å². The van der Waals surface area contributed by atoms with Crippen LogP contribution in [0.25, 0.3) is 0 Å². The molecule has 1 aromatic carbocycles. The molecule has 1 aromatic heterocycles. The van der Waals surface area contributed by atoms with Crippen LogP contribution in [-0.2, 0) is 4.74 Å². The van der Waals surface area contributed by atoms with Gasteiger partial charge in [0, 0.05) is 27.2 Å². The lowest BCUT2D eigenvalue weighted by Gasteiger charge is -2.27. The summed E-state index contributed by atoms with van der Waals surface area (Å²) < 4.78 is 16.1.